The van der Waals surface area contributed by atoms with Crippen LogP contribution in [0.4, 0.5) is 5.82 Å². The Morgan fingerprint density at radius 2 is 2.50 bits per heavy atom. The van der Waals surface area contributed by atoms with Crippen LogP contribution in [0.15, 0.2) is 6.20 Å². The third kappa shape index (κ3) is 0.759. The van der Waals surface area contributed by atoms with E-state index in [2.05, 4.69) is 14.9 Å². The molecule has 0 bridgehead atoms. The van der Waals surface area contributed by atoms with E-state index in [0.29, 0.717) is 0 Å². The van der Waals surface area contributed by atoms with Gasteiger partial charge in [-0.1, -0.05) is 0 Å². The van der Waals surface area contributed by atoms with Crippen LogP contribution in [0, 0.1) is 4.77 Å². The Kier molecular flexibility index (Phi) is 1.27. The number of imidazole rings is 1. The van der Waals surface area contributed by atoms with Crippen LogP contribution in [0.2, 0.25) is 0 Å². The number of hydrogen-bond donors (Lipinski definition) is 2. The largest absolute Gasteiger partial charge is 0.370 e. The third-order valence-electron chi connectivity index (χ3n) is 1.73. The van der Waals surface area contributed by atoms with Gasteiger partial charge in [0.2, 0.25) is 0 Å². The van der Waals surface area contributed by atoms with E-state index in [1.54, 1.807) is 0 Å². The highest BCUT2D eigenvalue weighted by Crippen LogP contribution is 2.12. The van der Waals surface area contributed by atoms with Crippen LogP contribution in [0.25, 0.3) is 0 Å². The molecule has 0 amide bonds. The fraction of sp³-hybridized carbons (Fsp3) is 0.500. The molecule has 54 valence electrons. The number of aromatic amines is 1. The monoisotopic (exact) mass is 155 g/mol. The Bertz CT molecular complexity index is 285. The molecule has 1 aromatic rings. The Morgan fingerprint density at radius 1 is 1.60 bits per heavy atom. The van der Waals surface area contributed by atoms with Gasteiger partial charge < -0.3 is 14.9 Å². The molecule has 2 heterocycles. The number of nitrogens with zero attached hydrogens (tertiary/aromatic N) is 1. The summed E-state index contributed by atoms with van der Waals surface area (Å²) in [4.78, 5) is 2.99. The molecule has 0 atom stereocenters. The van der Waals surface area contributed by atoms with Gasteiger partial charge in [-0.25, -0.2) is 0 Å². The Balaban J connectivity index is 2.55. The lowest BCUT2D eigenvalue weighted by atomic mass is 10.3. The highest BCUT2D eigenvalue weighted by Gasteiger charge is 2.06. The van der Waals surface area contributed by atoms with Gasteiger partial charge in [-0.2, -0.15) is 0 Å². The van der Waals surface area contributed by atoms with E-state index in [1.165, 1.54) is 6.42 Å². The summed E-state index contributed by atoms with van der Waals surface area (Å²) in [6.07, 6.45) is 3.08. The molecule has 2 rings (SSSR count). The average molecular weight is 155 g/mol. The van der Waals surface area contributed by atoms with Gasteiger partial charge in [0.1, 0.15) is 5.82 Å². The van der Waals surface area contributed by atoms with Gasteiger partial charge in [0, 0.05) is 19.3 Å². The topological polar surface area (TPSA) is 32.8 Å². The highest BCUT2D eigenvalue weighted by atomic mass is 32.1. The minimum atomic E-state index is 0.821. The molecule has 0 unspecified atom stereocenters. The number of hydrogen-bond acceptors (Lipinski definition) is 2. The van der Waals surface area contributed by atoms with Crippen molar-refractivity contribution < 1.29 is 0 Å². The zero-order valence-electron chi connectivity index (χ0n) is 5.55. The summed E-state index contributed by atoms with van der Waals surface area (Å²) >= 11 is 5.04. The highest BCUT2D eigenvalue weighted by molar-refractivity contribution is 7.71. The maximum atomic E-state index is 5.04. The van der Waals surface area contributed by atoms with E-state index >= 15 is 0 Å². The van der Waals surface area contributed by atoms with E-state index in [-0.39, 0.29) is 0 Å². The molecule has 3 nitrogen and oxygen atoms in total. The van der Waals surface area contributed by atoms with Crippen LogP contribution in [-0.2, 0) is 6.54 Å². The van der Waals surface area contributed by atoms with Crippen molar-refractivity contribution in [2.75, 3.05) is 11.9 Å². The third-order valence-corrected chi connectivity index (χ3v) is 2.07. The standard InChI is InChI=1S/C6H9N3S/c10-6-8-4-5-7-2-1-3-9(5)6/h4,7H,1-3H2,(H,8,10). The van der Waals surface area contributed by atoms with Gasteiger partial charge in [-0.05, 0) is 18.6 Å². The molecule has 0 spiro atoms. The molecule has 1 aromatic heterocycles. The Morgan fingerprint density at radius 3 is 3.30 bits per heavy atom. The van der Waals surface area contributed by atoms with Gasteiger partial charge >= 0.3 is 0 Å². The van der Waals surface area contributed by atoms with E-state index in [0.717, 1.165) is 23.7 Å². The molecule has 0 aliphatic carbocycles. The summed E-state index contributed by atoms with van der Waals surface area (Å²) in [6, 6.07) is 0. The smallest absolute Gasteiger partial charge is 0.178 e. The van der Waals surface area contributed by atoms with Crippen molar-refractivity contribution in [1.82, 2.24) is 9.55 Å². The SMILES string of the molecule is S=c1[nH]cc2n1CCCN2. The quantitative estimate of drug-likeness (QED) is 0.554. The summed E-state index contributed by atoms with van der Waals surface area (Å²) in [7, 11) is 0. The van der Waals surface area contributed by atoms with Crippen molar-refractivity contribution in [2.45, 2.75) is 13.0 Å². The van der Waals surface area contributed by atoms with Crippen LogP contribution in [0.5, 0.6) is 0 Å². The van der Waals surface area contributed by atoms with Crippen molar-refractivity contribution >= 4 is 18.0 Å². The van der Waals surface area contributed by atoms with Crippen LogP contribution < -0.4 is 5.32 Å². The second kappa shape index (κ2) is 2.12. The molecule has 2 N–H and O–H groups in total. The first-order valence-electron chi connectivity index (χ1n) is 3.40. The van der Waals surface area contributed by atoms with Crippen molar-refractivity contribution in [2.24, 2.45) is 0 Å². The zero-order valence-corrected chi connectivity index (χ0v) is 6.37. The fourth-order valence-electron chi connectivity index (χ4n) is 1.22. The average Bonchev–Trinajstić information content (AvgIpc) is 2.34. The van der Waals surface area contributed by atoms with Crippen molar-refractivity contribution in [3.63, 3.8) is 0 Å². The van der Waals surface area contributed by atoms with E-state index < -0.39 is 0 Å². The van der Waals surface area contributed by atoms with Gasteiger partial charge in [0.25, 0.3) is 0 Å². The number of nitrogens with one attached hydrogen (secondary N) is 2. The Labute approximate surface area is 64.1 Å². The summed E-state index contributed by atoms with van der Waals surface area (Å²) in [5.74, 6) is 1.12. The fourth-order valence-corrected chi connectivity index (χ4v) is 1.47. The normalized spacial score (nSPS) is 16.0. The molecule has 1 aliphatic rings. The molecule has 0 radical (unpaired) electrons. The molecule has 0 aromatic carbocycles. The first-order valence-corrected chi connectivity index (χ1v) is 3.81. The van der Waals surface area contributed by atoms with Gasteiger partial charge in [0.05, 0.1) is 0 Å². The molecular weight excluding hydrogens is 146 g/mol. The first-order chi connectivity index (χ1) is 4.88. The predicted molar refractivity (Wildman–Crippen MR) is 42.7 cm³/mol. The van der Waals surface area contributed by atoms with Crippen LogP contribution in [0.3, 0.4) is 0 Å². The summed E-state index contributed by atoms with van der Waals surface area (Å²) in [5, 5.41) is 3.25. The first kappa shape index (κ1) is 5.97. The molecule has 10 heavy (non-hydrogen) atoms. The second-order valence-corrected chi connectivity index (χ2v) is 2.80. The molecule has 1 aliphatic heterocycles. The van der Waals surface area contributed by atoms with Gasteiger partial charge in [0.15, 0.2) is 4.77 Å². The number of anilines is 1. The zero-order chi connectivity index (χ0) is 6.97. The Hall–Kier alpha value is -0.770. The summed E-state index contributed by atoms with van der Waals surface area (Å²) < 4.78 is 2.90. The maximum Gasteiger partial charge on any atom is 0.178 e. The predicted octanol–water partition coefficient (Wildman–Crippen LogP) is 1.36. The van der Waals surface area contributed by atoms with E-state index in [9.17, 15) is 0 Å². The molecule has 0 saturated heterocycles. The van der Waals surface area contributed by atoms with Crippen molar-refractivity contribution in [3.8, 4) is 0 Å². The summed E-state index contributed by atoms with van der Waals surface area (Å²) in [6.45, 7) is 2.11. The number of fused-ring (bicyclic) bond motifs is 1. The lowest BCUT2D eigenvalue weighted by Crippen LogP contribution is -2.16. The van der Waals surface area contributed by atoms with Gasteiger partial charge in [-0.3, -0.25) is 0 Å². The number of rotatable bonds is 0. The maximum absolute atomic E-state index is 5.04. The molecule has 4 heteroatoms. The lowest BCUT2D eigenvalue weighted by Gasteiger charge is -2.15. The molecule has 0 fully saturated rings. The van der Waals surface area contributed by atoms with Crippen molar-refractivity contribution in [1.29, 1.82) is 0 Å². The minimum absolute atomic E-state index is 0.821. The van der Waals surface area contributed by atoms with E-state index in [1.807, 2.05) is 6.20 Å². The lowest BCUT2D eigenvalue weighted by molar-refractivity contribution is 0.623. The van der Waals surface area contributed by atoms with E-state index in [4.69, 9.17) is 12.2 Å². The minimum Gasteiger partial charge on any atom is -0.370 e. The van der Waals surface area contributed by atoms with Crippen LogP contribution in [0.1, 0.15) is 6.42 Å². The van der Waals surface area contributed by atoms with Crippen LogP contribution in [-0.4, -0.2) is 16.1 Å². The molecular formula is C6H9N3S. The summed E-state index contributed by atoms with van der Waals surface area (Å²) in [5.41, 5.74) is 0. The van der Waals surface area contributed by atoms with Crippen molar-refractivity contribution in [3.05, 3.63) is 11.0 Å². The number of H-pyrrole nitrogens is 1. The van der Waals surface area contributed by atoms with Gasteiger partial charge in [-0.15, -0.1) is 0 Å². The molecule has 0 saturated carbocycles. The number of aromatic nitrogens is 2. The van der Waals surface area contributed by atoms with Crippen LogP contribution >= 0.6 is 12.2 Å². The second-order valence-electron chi connectivity index (χ2n) is 2.41.